The van der Waals surface area contributed by atoms with E-state index >= 15 is 0 Å². The van der Waals surface area contributed by atoms with E-state index in [1.165, 1.54) is 0 Å². The Morgan fingerprint density at radius 3 is 0.903 bits per heavy atom. The van der Waals surface area contributed by atoms with E-state index in [0.717, 1.165) is 10.6 Å². The molecular formula is C44H46N11O4P3. The van der Waals surface area contributed by atoms with Crippen LogP contribution in [-0.4, -0.2) is 92.6 Å². The van der Waals surface area contributed by atoms with E-state index in [2.05, 4.69) is 0 Å². The number of phenolic OH excluding ortho intramolecular Hbond substituents is 4. The Balaban J connectivity index is 1.63. The van der Waals surface area contributed by atoms with Gasteiger partial charge in [-0.15, -0.1) is 0 Å². The van der Waals surface area contributed by atoms with Crippen LogP contribution in [0.3, 0.4) is 0 Å². The van der Waals surface area contributed by atoms with Crippen LogP contribution in [0.4, 0.5) is 0 Å². The predicted octanol–water partition coefficient (Wildman–Crippen LogP) is 9.35. The van der Waals surface area contributed by atoms with Crippen LogP contribution in [0.15, 0.2) is 192 Å². The van der Waals surface area contributed by atoms with Gasteiger partial charge in [0, 0.05) is 61.1 Å². The molecule has 0 spiro atoms. The van der Waals surface area contributed by atoms with E-state index in [9.17, 15) is 20.4 Å². The van der Waals surface area contributed by atoms with Crippen LogP contribution < -0.4 is 10.6 Å². The number of aromatic hydroxyl groups is 4. The fourth-order valence-electron chi connectivity index (χ4n) is 6.27. The largest absolute Gasteiger partial charge is 0.507 e. The van der Waals surface area contributed by atoms with E-state index in [4.69, 9.17) is 34.0 Å². The summed E-state index contributed by atoms with van der Waals surface area (Å²) in [5.74, 6) is 0.127. The fourth-order valence-corrected chi connectivity index (χ4v) is 20.1. The van der Waals surface area contributed by atoms with Crippen molar-refractivity contribution in [3.63, 3.8) is 0 Å². The fraction of sp³-hybridized carbons (Fsp3) is 0.0909. The van der Waals surface area contributed by atoms with Crippen molar-refractivity contribution in [1.82, 2.24) is 19.1 Å². The summed E-state index contributed by atoms with van der Waals surface area (Å²) in [6.07, 6.45) is 6.17. The van der Waals surface area contributed by atoms with Gasteiger partial charge in [0.1, 0.15) is 30.2 Å². The van der Waals surface area contributed by atoms with E-state index in [0.29, 0.717) is 22.3 Å². The molecule has 0 amide bonds. The second-order valence-electron chi connectivity index (χ2n) is 13.8. The highest BCUT2D eigenvalue weighted by Crippen LogP contribution is 2.80. The Labute approximate surface area is 361 Å². The summed E-state index contributed by atoms with van der Waals surface area (Å²) in [7, 11) is -3.83. The van der Waals surface area contributed by atoms with Gasteiger partial charge in [-0.3, -0.25) is 0 Å². The molecule has 1 aliphatic rings. The Morgan fingerprint density at radius 2 is 0.613 bits per heavy atom. The summed E-state index contributed by atoms with van der Waals surface area (Å²) in [6.45, 7) is 0. The maximum atomic E-state index is 10.8. The number of nitrogens with zero attached hydrogens (tertiary/aromatic N) is 11. The highest BCUT2D eigenvalue weighted by Gasteiger charge is 2.47. The van der Waals surface area contributed by atoms with Crippen LogP contribution in [0.5, 0.6) is 23.0 Å². The highest BCUT2D eigenvalue weighted by atomic mass is 31.3. The molecule has 7 rings (SSSR count). The molecule has 0 saturated heterocycles. The second-order valence-corrected chi connectivity index (χ2v) is 22.6. The van der Waals surface area contributed by atoms with Gasteiger partial charge in [-0.25, -0.2) is 19.1 Å². The maximum absolute atomic E-state index is 10.8. The zero-order valence-corrected chi connectivity index (χ0v) is 37.1. The first-order valence-electron chi connectivity index (χ1n) is 19.2. The smallest absolute Gasteiger partial charge is 0.302 e. The minimum atomic E-state index is -3.74. The van der Waals surface area contributed by atoms with Crippen LogP contribution in [0.2, 0.25) is 0 Å². The normalized spacial score (nSPS) is 16.8. The van der Waals surface area contributed by atoms with Gasteiger partial charge in [0.25, 0.3) is 0 Å². The lowest BCUT2D eigenvalue weighted by Gasteiger charge is -2.44. The van der Waals surface area contributed by atoms with Crippen LogP contribution in [-0.2, 0) is 0 Å². The molecule has 1 aliphatic heterocycles. The summed E-state index contributed by atoms with van der Waals surface area (Å²) in [5.41, 5.74) is 1.84. The van der Waals surface area contributed by atoms with Gasteiger partial charge in [-0.05, 0) is 48.5 Å². The number of hydrogen-bond acceptors (Lipinski definition) is 15. The SMILES string of the molecule is CN(/N=C\c1ccccc1O)P1(N(C)/N=C/c2ccccc2O)=NP(N(C)/N=C/c2ccccc2O)(N(C)/N=C/c2ccccc2O)=NP(c2ccccc2)(c2ccccc2)=N1. The first-order chi connectivity index (χ1) is 30.0. The van der Waals surface area contributed by atoms with Gasteiger partial charge in [0.05, 0.1) is 24.9 Å². The molecule has 0 aliphatic carbocycles. The molecule has 0 aromatic heterocycles. The molecule has 18 heteroatoms. The van der Waals surface area contributed by atoms with Crippen molar-refractivity contribution in [2.45, 2.75) is 0 Å². The standard InChI is InChI=1S/C44H46N11O4P3/c1-52(45-31-35-19-11-15-27-41(35)56)61(53(2)46-32-36-20-12-16-28-42(36)57)49-60(39-23-7-5-8-24-39,40-25-9-6-10-26-40)50-62(51-61,54(3)47-33-37-21-13-17-29-43(37)58)55(4)48-34-38-22-14-18-30-44(38)59/h5-34,56-59H,1-4H3/b45-31-,46-32+,47-33+,48-34+. The molecule has 0 saturated carbocycles. The summed E-state index contributed by atoms with van der Waals surface area (Å²) >= 11 is 0. The van der Waals surface area contributed by atoms with Crippen molar-refractivity contribution in [2.75, 3.05) is 28.2 Å². The third-order valence-corrected chi connectivity index (χ3v) is 21.2. The number of rotatable bonds is 14. The Hall–Kier alpha value is -6.91. The number of hydrazone groups is 4. The van der Waals surface area contributed by atoms with Crippen LogP contribution in [0, 0.1) is 0 Å². The minimum Gasteiger partial charge on any atom is -0.507 e. The van der Waals surface area contributed by atoms with E-state index in [-0.39, 0.29) is 23.0 Å². The highest BCUT2D eigenvalue weighted by molar-refractivity contribution is 7.91. The van der Waals surface area contributed by atoms with Crippen molar-refractivity contribution in [1.29, 1.82) is 0 Å². The predicted molar refractivity (Wildman–Crippen MR) is 254 cm³/mol. The van der Waals surface area contributed by atoms with E-state index in [1.807, 2.05) is 60.7 Å². The van der Waals surface area contributed by atoms with Gasteiger partial charge in [0.15, 0.2) is 0 Å². The molecule has 0 radical (unpaired) electrons. The first kappa shape index (κ1) is 43.2. The van der Waals surface area contributed by atoms with Gasteiger partial charge in [-0.1, -0.05) is 109 Å². The van der Waals surface area contributed by atoms with Crippen molar-refractivity contribution in [3.05, 3.63) is 180 Å². The lowest BCUT2D eigenvalue weighted by molar-refractivity contribution is 0.469. The lowest BCUT2D eigenvalue weighted by Crippen LogP contribution is -2.27. The van der Waals surface area contributed by atoms with Crippen LogP contribution in [0.1, 0.15) is 22.3 Å². The molecule has 6 aromatic rings. The summed E-state index contributed by atoms with van der Waals surface area (Å²) < 4.78 is 24.1. The van der Waals surface area contributed by atoms with E-state index in [1.54, 1.807) is 169 Å². The molecule has 1 heterocycles. The monoisotopic (exact) mass is 885 g/mol. The van der Waals surface area contributed by atoms with Gasteiger partial charge >= 0.3 is 15.0 Å². The van der Waals surface area contributed by atoms with Gasteiger partial charge in [0.2, 0.25) is 0 Å². The minimum absolute atomic E-state index is 0.0317. The number of benzene rings is 6. The molecule has 15 nitrogen and oxygen atoms in total. The van der Waals surface area contributed by atoms with Crippen molar-refractivity contribution >= 4 is 57.7 Å². The molecular weight excluding hydrogens is 839 g/mol. The number of hydrogen-bond donors (Lipinski definition) is 4. The molecule has 62 heavy (non-hydrogen) atoms. The lowest BCUT2D eigenvalue weighted by atomic mass is 10.2. The average Bonchev–Trinajstić information content (AvgIpc) is 3.30. The van der Waals surface area contributed by atoms with Gasteiger partial charge in [-0.2, -0.15) is 34.0 Å². The third kappa shape index (κ3) is 8.92. The molecule has 4 N–H and O–H groups in total. The first-order valence-corrected chi connectivity index (χ1v) is 24.1. The molecule has 6 aromatic carbocycles. The van der Waals surface area contributed by atoms with Crippen LogP contribution in [0.25, 0.3) is 0 Å². The Bertz CT molecular complexity index is 2540. The Morgan fingerprint density at radius 1 is 0.355 bits per heavy atom. The number of phenols is 4. The zero-order chi connectivity index (χ0) is 43.7. The van der Waals surface area contributed by atoms with Crippen LogP contribution >= 0.6 is 22.2 Å². The third-order valence-electron chi connectivity index (χ3n) is 9.73. The maximum Gasteiger partial charge on any atom is 0.302 e. The molecule has 0 bridgehead atoms. The quantitative estimate of drug-likeness (QED) is 0.0475. The van der Waals surface area contributed by atoms with Crippen molar-refractivity contribution < 1.29 is 20.4 Å². The molecule has 1 unspecified atom stereocenters. The van der Waals surface area contributed by atoms with Crippen molar-refractivity contribution in [2.24, 2.45) is 34.0 Å². The average molecular weight is 886 g/mol. The van der Waals surface area contributed by atoms with Crippen molar-refractivity contribution in [3.8, 4) is 23.0 Å². The summed E-state index contributed by atoms with van der Waals surface area (Å²) in [5, 5.41) is 64.7. The van der Waals surface area contributed by atoms with Gasteiger partial charge < -0.3 is 20.4 Å². The Kier molecular flexibility index (Phi) is 13.1. The molecule has 1 atom stereocenters. The summed E-state index contributed by atoms with van der Waals surface area (Å²) in [6, 6.07) is 47.0. The second kappa shape index (κ2) is 18.8. The van der Waals surface area contributed by atoms with E-state index < -0.39 is 22.2 Å². The zero-order valence-electron chi connectivity index (χ0n) is 34.4. The molecule has 0 fully saturated rings. The summed E-state index contributed by atoms with van der Waals surface area (Å²) in [4.78, 5) is 0. The molecule has 316 valence electrons. The topological polar surface area (TPSA) is 180 Å². The number of para-hydroxylation sites is 4.